The van der Waals surface area contributed by atoms with Crippen molar-refractivity contribution in [1.82, 2.24) is 4.98 Å². The van der Waals surface area contributed by atoms with E-state index in [1.807, 2.05) is 36.4 Å². The van der Waals surface area contributed by atoms with Crippen LogP contribution >= 0.6 is 0 Å². The molecule has 3 aromatic carbocycles. The smallest absolute Gasteiger partial charge is 0.287 e. The molecule has 1 N–H and O–H groups in total. The summed E-state index contributed by atoms with van der Waals surface area (Å²) < 4.78 is 8.17. The highest BCUT2D eigenvalue weighted by atomic mass is 16.5. The SMILES string of the molecule is c1ccc(OCC[n+]2c(-c3ccccc3)[nH]c3ccccc32)cc1. The first-order valence-corrected chi connectivity index (χ1v) is 8.15. The van der Waals surface area contributed by atoms with Crippen molar-refractivity contribution >= 4 is 11.0 Å². The highest BCUT2D eigenvalue weighted by Crippen LogP contribution is 2.18. The Bertz CT molecular complexity index is 930. The van der Waals surface area contributed by atoms with Gasteiger partial charge < -0.3 is 4.74 Å². The van der Waals surface area contributed by atoms with E-state index in [1.165, 1.54) is 11.1 Å². The largest absolute Gasteiger partial charge is 0.489 e. The van der Waals surface area contributed by atoms with Crippen molar-refractivity contribution in [2.45, 2.75) is 6.54 Å². The number of aromatic nitrogens is 2. The molecule has 0 amide bonds. The monoisotopic (exact) mass is 315 g/mol. The normalized spacial score (nSPS) is 10.8. The lowest BCUT2D eigenvalue weighted by atomic mass is 10.2. The Balaban J connectivity index is 1.65. The minimum Gasteiger partial charge on any atom is -0.489 e. The Morgan fingerprint density at radius 1 is 0.750 bits per heavy atom. The predicted molar refractivity (Wildman–Crippen MR) is 95.9 cm³/mol. The van der Waals surface area contributed by atoms with Gasteiger partial charge in [0, 0.05) is 0 Å². The molecule has 0 spiro atoms. The summed E-state index contributed by atoms with van der Waals surface area (Å²) in [5.74, 6) is 2.01. The summed E-state index contributed by atoms with van der Waals surface area (Å²) in [4.78, 5) is 3.54. The summed E-state index contributed by atoms with van der Waals surface area (Å²) >= 11 is 0. The Kier molecular flexibility index (Phi) is 3.98. The van der Waals surface area contributed by atoms with Crippen molar-refractivity contribution in [1.29, 1.82) is 0 Å². The molecule has 0 aliphatic rings. The maximum atomic E-state index is 5.88. The van der Waals surface area contributed by atoms with Crippen LogP contribution in [0.1, 0.15) is 0 Å². The Hall–Kier alpha value is -3.07. The number of nitrogens with zero attached hydrogens (tertiary/aromatic N) is 1. The van der Waals surface area contributed by atoms with Gasteiger partial charge in [-0.25, -0.2) is 9.55 Å². The number of imidazole rings is 1. The zero-order valence-corrected chi connectivity index (χ0v) is 13.4. The number of H-pyrrole nitrogens is 1. The molecule has 0 bridgehead atoms. The predicted octanol–water partition coefficient (Wildman–Crippen LogP) is 4.20. The third kappa shape index (κ3) is 2.88. The van der Waals surface area contributed by atoms with Crippen LogP contribution in [0.3, 0.4) is 0 Å². The van der Waals surface area contributed by atoms with Gasteiger partial charge in [-0.15, -0.1) is 0 Å². The van der Waals surface area contributed by atoms with Crippen molar-refractivity contribution in [3.63, 3.8) is 0 Å². The maximum Gasteiger partial charge on any atom is 0.287 e. The van der Waals surface area contributed by atoms with E-state index in [0.29, 0.717) is 6.61 Å². The van der Waals surface area contributed by atoms with E-state index < -0.39 is 0 Å². The molecule has 1 aromatic heterocycles. The molecular formula is C21H19N2O+. The second kappa shape index (κ2) is 6.59. The van der Waals surface area contributed by atoms with Crippen molar-refractivity contribution in [3.8, 4) is 17.1 Å². The molecule has 24 heavy (non-hydrogen) atoms. The fourth-order valence-corrected chi connectivity index (χ4v) is 2.96. The molecule has 0 aliphatic heterocycles. The lowest BCUT2D eigenvalue weighted by molar-refractivity contribution is -0.660. The van der Waals surface area contributed by atoms with Gasteiger partial charge in [-0.3, -0.25) is 0 Å². The first-order valence-electron chi connectivity index (χ1n) is 8.15. The highest BCUT2D eigenvalue weighted by Gasteiger charge is 2.19. The van der Waals surface area contributed by atoms with Crippen molar-refractivity contribution in [2.75, 3.05) is 6.61 Å². The number of rotatable bonds is 5. The number of hydrogen-bond acceptors (Lipinski definition) is 1. The molecule has 4 aromatic rings. The summed E-state index contributed by atoms with van der Waals surface area (Å²) in [5, 5.41) is 0. The number of hydrogen-bond donors (Lipinski definition) is 1. The van der Waals surface area contributed by atoms with Crippen LogP contribution in [0.5, 0.6) is 5.75 Å². The standard InChI is InChI=1S/C21H18N2O/c1-3-9-17(10-4-1)21-22-19-13-7-8-14-20(19)23(21)15-16-24-18-11-5-2-6-12-18/h1-14H,15-16H2/p+1. The van der Waals surface area contributed by atoms with E-state index in [9.17, 15) is 0 Å². The number of nitrogens with one attached hydrogen (secondary N) is 1. The summed E-state index contributed by atoms with van der Waals surface area (Å²) in [7, 11) is 0. The number of ether oxygens (including phenoxy) is 1. The van der Waals surface area contributed by atoms with E-state index in [1.54, 1.807) is 0 Å². The minimum atomic E-state index is 0.621. The lowest BCUT2D eigenvalue weighted by Crippen LogP contribution is -2.37. The third-order valence-electron chi connectivity index (χ3n) is 4.09. The molecule has 0 atom stereocenters. The lowest BCUT2D eigenvalue weighted by Gasteiger charge is -2.06. The number of aromatic amines is 1. The van der Waals surface area contributed by atoms with Crippen LogP contribution in [0.4, 0.5) is 0 Å². The van der Waals surface area contributed by atoms with Crippen LogP contribution in [0.15, 0.2) is 84.9 Å². The van der Waals surface area contributed by atoms with Crippen LogP contribution in [0.2, 0.25) is 0 Å². The van der Waals surface area contributed by atoms with Crippen LogP contribution in [0, 0.1) is 0 Å². The zero-order valence-electron chi connectivity index (χ0n) is 13.4. The topological polar surface area (TPSA) is 28.9 Å². The first-order chi connectivity index (χ1) is 11.9. The summed E-state index contributed by atoms with van der Waals surface area (Å²) in [6.07, 6.45) is 0. The van der Waals surface area contributed by atoms with Crippen LogP contribution in [-0.4, -0.2) is 11.6 Å². The fourth-order valence-electron chi connectivity index (χ4n) is 2.96. The van der Waals surface area contributed by atoms with Gasteiger partial charge in [0.05, 0.1) is 5.56 Å². The van der Waals surface area contributed by atoms with E-state index in [-0.39, 0.29) is 0 Å². The molecule has 0 radical (unpaired) electrons. The van der Waals surface area contributed by atoms with E-state index >= 15 is 0 Å². The summed E-state index contributed by atoms with van der Waals surface area (Å²) in [6, 6.07) is 28.7. The quantitative estimate of drug-likeness (QED) is 0.549. The second-order valence-corrected chi connectivity index (χ2v) is 5.67. The van der Waals surface area contributed by atoms with Gasteiger partial charge in [-0.1, -0.05) is 48.5 Å². The third-order valence-corrected chi connectivity index (χ3v) is 4.09. The van der Waals surface area contributed by atoms with Gasteiger partial charge in [0.25, 0.3) is 5.82 Å². The van der Waals surface area contributed by atoms with Gasteiger partial charge in [-0.05, 0) is 36.4 Å². The van der Waals surface area contributed by atoms with Crippen molar-refractivity contribution in [3.05, 3.63) is 84.9 Å². The Morgan fingerprint density at radius 2 is 1.42 bits per heavy atom. The van der Waals surface area contributed by atoms with E-state index in [4.69, 9.17) is 4.74 Å². The van der Waals surface area contributed by atoms with Gasteiger partial charge >= 0.3 is 0 Å². The fraction of sp³-hybridized carbons (Fsp3) is 0.0952. The van der Waals surface area contributed by atoms with E-state index in [2.05, 4.69) is 58.1 Å². The average Bonchev–Trinajstić information content (AvgIpc) is 3.02. The minimum absolute atomic E-state index is 0.621. The molecule has 0 fully saturated rings. The molecule has 0 unspecified atom stereocenters. The molecule has 1 heterocycles. The van der Waals surface area contributed by atoms with Gasteiger partial charge in [0.1, 0.15) is 18.9 Å². The Morgan fingerprint density at radius 3 is 2.21 bits per heavy atom. The second-order valence-electron chi connectivity index (χ2n) is 5.67. The molecule has 0 aliphatic carbocycles. The number of benzene rings is 3. The van der Waals surface area contributed by atoms with Gasteiger partial charge in [0.15, 0.2) is 11.0 Å². The zero-order chi connectivity index (χ0) is 16.2. The first kappa shape index (κ1) is 14.5. The van der Waals surface area contributed by atoms with Crippen molar-refractivity contribution < 1.29 is 9.30 Å². The molecular weight excluding hydrogens is 296 g/mol. The van der Waals surface area contributed by atoms with Crippen molar-refractivity contribution in [2.24, 2.45) is 0 Å². The molecule has 4 rings (SSSR count). The maximum absolute atomic E-state index is 5.88. The molecule has 3 nitrogen and oxygen atoms in total. The van der Waals surface area contributed by atoms with E-state index in [0.717, 1.165) is 23.6 Å². The number of fused-ring (bicyclic) bond motifs is 1. The van der Waals surface area contributed by atoms with Gasteiger partial charge in [0.2, 0.25) is 0 Å². The van der Waals surface area contributed by atoms with Gasteiger partial charge in [-0.2, -0.15) is 0 Å². The number of para-hydroxylation sites is 3. The summed E-state index contributed by atoms with van der Waals surface area (Å²) in [6.45, 7) is 1.40. The van der Waals surface area contributed by atoms with Crippen LogP contribution in [-0.2, 0) is 6.54 Å². The Labute approximate surface area is 141 Å². The molecule has 0 saturated carbocycles. The molecule has 0 saturated heterocycles. The van der Waals surface area contributed by atoms with Crippen LogP contribution < -0.4 is 9.30 Å². The summed E-state index contributed by atoms with van der Waals surface area (Å²) in [5.41, 5.74) is 3.50. The van der Waals surface area contributed by atoms with Crippen LogP contribution in [0.25, 0.3) is 22.4 Å². The highest BCUT2D eigenvalue weighted by molar-refractivity contribution is 5.74. The average molecular weight is 315 g/mol. The molecule has 3 heteroatoms. The molecule has 118 valence electrons.